The molecule has 0 saturated heterocycles. The van der Waals surface area contributed by atoms with Crippen molar-refractivity contribution in [2.75, 3.05) is 11.4 Å². The van der Waals surface area contributed by atoms with E-state index in [1.54, 1.807) is 6.07 Å². The molecule has 6 aromatic rings. The van der Waals surface area contributed by atoms with Crippen LogP contribution >= 0.6 is 0 Å². The van der Waals surface area contributed by atoms with Gasteiger partial charge in [-0.3, -0.25) is 4.79 Å². The number of benzene rings is 4. The summed E-state index contributed by atoms with van der Waals surface area (Å²) in [5.74, 6) is 0.0321. The lowest BCUT2D eigenvalue weighted by Crippen LogP contribution is -2.46. The van der Waals surface area contributed by atoms with E-state index < -0.39 is 17.6 Å². The first-order valence-electron chi connectivity index (χ1n) is 14.2. The zero-order valence-electron chi connectivity index (χ0n) is 23.2. The highest BCUT2D eigenvalue weighted by molar-refractivity contribution is 5.87. The molecule has 2 aliphatic rings. The number of nitrogens with zero attached hydrogens (tertiary/aromatic N) is 1. The molecule has 6 heteroatoms. The van der Waals surface area contributed by atoms with Gasteiger partial charge < -0.3 is 18.5 Å². The van der Waals surface area contributed by atoms with Gasteiger partial charge in [0.15, 0.2) is 5.43 Å². The molecule has 206 valence electrons. The first-order chi connectivity index (χ1) is 20.5. The van der Waals surface area contributed by atoms with E-state index in [1.165, 1.54) is 0 Å². The Labute approximate surface area is 241 Å². The zero-order chi connectivity index (χ0) is 28.5. The number of anilines is 2. The van der Waals surface area contributed by atoms with Crippen LogP contribution in [0.3, 0.4) is 0 Å². The first-order valence-corrected chi connectivity index (χ1v) is 14.2. The van der Waals surface area contributed by atoms with Gasteiger partial charge in [0.1, 0.15) is 23.0 Å². The van der Waals surface area contributed by atoms with E-state index >= 15 is 0 Å². The molecule has 8 rings (SSSR count). The molecule has 6 nitrogen and oxygen atoms in total. The molecule has 4 aromatic carbocycles. The predicted molar refractivity (Wildman–Crippen MR) is 163 cm³/mol. The molecular formula is C36H27NO5. The Morgan fingerprint density at radius 1 is 0.714 bits per heavy atom. The molecule has 0 bridgehead atoms. The van der Waals surface area contributed by atoms with Crippen LogP contribution in [0.5, 0.6) is 5.75 Å². The van der Waals surface area contributed by atoms with Crippen LogP contribution in [-0.2, 0) is 0 Å². The molecule has 0 amide bonds. The molecule has 0 saturated carbocycles. The van der Waals surface area contributed by atoms with Crippen LogP contribution in [0.15, 0.2) is 115 Å². The average molecular weight is 554 g/mol. The number of aryl methyl sites for hydroxylation is 2. The number of para-hydroxylation sites is 1. The van der Waals surface area contributed by atoms with Crippen LogP contribution in [0.1, 0.15) is 39.8 Å². The van der Waals surface area contributed by atoms with Gasteiger partial charge in [-0.2, -0.15) is 0 Å². The van der Waals surface area contributed by atoms with Gasteiger partial charge in [-0.05, 0) is 55.8 Å². The van der Waals surface area contributed by atoms with Crippen molar-refractivity contribution in [1.82, 2.24) is 0 Å². The van der Waals surface area contributed by atoms with Crippen LogP contribution in [0.2, 0.25) is 0 Å². The summed E-state index contributed by atoms with van der Waals surface area (Å²) in [5.41, 5.74) is 5.11. The fraction of sp³-hybridized carbons (Fsp3) is 0.167. The largest absolute Gasteiger partial charge is 0.484 e. The Morgan fingerprint density at radius 3 is 2.24 bits per heavy atom. The third-order valence-corrected chi connectivity index (χ3v) is 8.66. The van der Waals surface area contributed by atoms with Crippen molar-refractivity contribution in [2.45, 2.75) is 25.9 Å². The summed E-state index contributed by atoms with van der Waals surface area (Å²) in [6.07, 6.45) is -0.428. The minimum absolute atomic E-state index is 0.144. The van der Waals surface area contributed by atoms with Gasteiger partial charge in [0.2, 0.25) is 5.88 Å². The van der Waals surface area contributed by atoms with E-state index in [1.807, 2.05) is 105 Å². The molecule has 0 fully saturated rings. The molecule has 0 unspecified atom stereocenters. The van der Waals surface area contributed by atoms with Crippen LogP contribution in [0.4, 0.5) is 11.6 Å². The highest BCUT2D eigenvalue weighted by Gasteiger charge is 2.50. The maximum atomic E-state index is 14.6. The van der Waals surface area contributed by atoms with Crippen molar-refractivity contribution in [2.24, 2.45) is 5.92 Å². The van der Waals surface area contributed by atoms with E-state index in [4.69, 9.17) is 13.6 Å². The summed E-state index contributed by atoms with van der Waals surface area (Å²) >= 11 is 0. The maximum absolute atomic E-state index is 14.6. The summed E-state index contributed by atoms with van der Waals surface area (Å²) in [5, 5.41) is 1.20. The standard InChI is InChI=1S/C36H27NO5/c1-20-12-15-23(16-13-20)37-19-26-29(30-32(38)25-18-21(2)14-17-28(25)40-35(30)37)31-34(42-33(26)22-8-4-3-5-9-22)24-10-6-7-11-27(24)41-36(31)39/h3-18,26,29,33H,19H2,1-2H3/t26-,29-,33+/m0/s1. The predicted octanol–water partition coefficient (Wildman–Crippen LogP) is 7.55. The van der Waals surface area contributed by atoms with Gasteiger partial charge >= 0.3 is 5.63 Å². The van der Waals surface area contributed by atoms with Gasteiger partial charge in [0, 0.05) is 24.1 Å². The number of rotatable bonds is 2. The normalized spacial score (nSPS) is 19.2. The minimum Gasteiger partial charge on any atom is -0.484 e. The molecule has 0 aliphatic carbocycles. The Bertz CT molecular complexity index is 2130. The quantitative estimate of drug-likeness (QED) is 0.206. The summed E-state index contributed by atoms with van der Waals surface area (Å²) in [7, 11) is 0. The second-order valence-electron chi connectivity index (χ2n) is 11.3. The number of hydrogen-bond donors (Lipinski definition) is 0. The molecule has 0 spiro atoms. The van der Waals surface area contributed by atoms with Crippen molar-refractivity contribution in [3.63, 3.8) is 0 Å². The SMILES string of the molecule is Cc1ccc(N2C[C@H]3[C@H](c4c(c5ccccc5oc4=O)O[C@@H]3c3ccccc3)c3c2oc2ccc(C)cc2c3=O)cc1. The van der Waals surface area contributed by atoms with Gasteiger partial charge in [-0.25, -0.2) is 4.79 Å². The maximum Gasteiger partial charge on any atom is 0.343 e. The lowest BCUT2D eigenvalue weighted by molar-refractivity contribution is 0.1000. The average Bonchev–Trinajstić information content (AvgIpc) is 3.01. The Balaban J connectivity index is 1.49. The van der Waals surface area contributed by atoms with Gasteiger partial charge in [0.05, 0.1) is 21.9 Å². The Morgan fingerprint density at radius 2 is 1.43 bits per heavy atom. The van der Waals surface area contributed by atoms with Crippen LogP contribution in [0.25, 0.3) is 21.9 Å². The molecular weight excluding hydrogens is 526 g/mol. The fourth-order valence-corrected chi connectivity index (χ4v) is 6.68. The number of ether oxygens (including phenoxy) is 1. The van der Waals surface area contributed by atoms with Crippen molar-refractivity contribution in [1.29, 1.82) is 0 Å². The smallest absolute Gasteiger partial charge is 0.343 e. The monoisotopic (exact) mass is 553 g/mol. The van der Waals surface area contributed by atoms with Gasteiger partial charge in [0.25, 0.3) is 0 Å². The van der Waals surface area contributed by atoms with Gasteiger partial charge in [-0.1, -0.05) is 71.8 Å². The van der Waals surface area contributed by atoms with Crippen LogP contribution in [0, 0.1) is 19.8 Å². The first kappa shape index (κ1) is 24.7. The third-order valence-electron chi connectivity index (χ3n) is 8.66. The Kier molecular flexibility index (Phi) is 5.41. The van der Waals surface area contributed by atoms with E-state index in [0.717, 1.165) is 22.4 Å². The summed E-state index contributed by atoms with van der Waals surface area (Å²) in [4.78, 5) is 30.4. The minimum atomic E-state index is -0.599. The topological polar surface area (TPSA) is 72.9 Å². The van der Waals surface area contributed by atoms with E-state index in [2.05, 4.69) is 4.90 Å². The Hall–Kier alpha value is -5.10. The second-order valence-corrected chi connectivity index (χ2v) is 11.3. The number of fused-ring (bicyclic) bond motifs is 8. The lowest BCUT2D eigenvalue weighted by atomic mass is 9.72. The van der Waals surface area contributed by atoms with E-state index in [0.29, 0.717) is 51.2 Å². The molecule has 2 aliphatic heterocycles. The summed E-state index contributed by atoms with van der Waals surface area (Å²) < 4.78 is 19.3. The van der Waals surface area contributed by atoms with Crippen molar-refractivity contribution >= 4 is 33.5 Å². The molecule has 42 heavy (non-hydrogen) atoms. The van der Waals surface area contributed by atoms with Crippen molar-refractivity contribution in [3.8, 4) is 5.75 Å². The molecule has 0 radical (unpaired) electrons. The summed E-state index contributed by atoms with van der Waals surface area (Å²) in [6, 6.07) is 31.2. The molecule has 2 aromatic heterocycles. The molecule has 3 atom stereocenters. The molecule has 0 N–H and O–H groups in total. The highest BCUT2D eigenvalue weighted by atomic mass is 16.5. The molecule has 4 heterocycles. The van der Waals surface area contributed by atoms with Crippen molar-refractivity contribution in [3.05, 3.63) is 146 Å². The summed E-state index contributed by atoms with van der Waals surface area (Å²) in [6.45, 7) is 4.46. The van der Waals surface area contributed by atoms with E-state index in [-0.39, 0.29) is 11.3 Å². The second kappa shape index (κ2) is 9.21. The number of hydrogen-bond acceptors (Lipinski definition) is 6. The highest BCUT2D eigenvalue weighted by Crippen LogP contribution is 2.55. The zero-order valence-corrected chi connectivity index (χ0v) is 23.2. The fourth-order valence-electron chi connectivity index (χ4n) is 6.68. The lowest BCUT2D eigenvalue weighted by Gasteiger charge is -2.45. The van der Waals surface area contributed by atoms with Crippen LogP contribution < -0.4 is 20.7 Å². The van der Waals surface area contributed by atoms with Gasteiger partial charge in [-0.15, -0.1) is 0 Å². The van der Waals surface area contributed by atoms with Crippen molar-refractivity contribution < 1.29 is 13.6 Å². The van der Waals surface area contributed by atoms with E-state index in [9.17, 15) is 9.59 Å². The third kappa shape index (κ3) is 3.64. The van der Waals surface area contributed by atoms with Crippen LogP contribution in [-0.4, -0.2) is 6.54 Å².